The summed E-state index contributed by atoms with van der Waals surface area (Å²) in [7, 11) is 0. The highest BCUT2D eigenvalue weighted by Crippen LogP contribution is 2.27. The number of rotatable bonds is 3. The van der Waals surface area contributed by atoms with Crippen LogP contribution in [0.4, 0.5) is 5.69 Å². The second-order valence-corrected chi connectivity index (χ2v) is 5.75. The maximum absolute atomic E-state index is 11.0. The maximum Gasteiger partial charge on any atom is 0.270 e. The van der Waals surface area contributed by atoms with E-state index in [-0.39, 0.29) is 5.69 Å². The second kappa shape index (κ2) is 5.94. The van der Waals surface area contributed by atoms with E-state index in [0.29, 0.717) is 21.2 Å². The minimum atomic E-state index is -0.442. The lowest BCUT2D eigenvalue weighted by Crippen LogP contribution is -2.00. The molecule has 116 valence electrons. The first-order valence-electron chi connectivity index (χ1n) is 6.66. The molecule has 0 aliphatic rings. The standard InChI is InChI=1S/C15H11ClN4O2S/c1-9-7-11(16)5-6-13(9)19-14(17-18-15(19)23)10-3-2-4-12(8-10)20(21)22/h2-8H,1H3,(H,18,23). The van der Waals surface area contributed by atoms with E-state index in [4.69, 9.17) is 23.8 Å². The molecule has 8 heteroatoms. The maximum atomic E-state index is 11.0. The Bertz CT molecular complexity index is 964. The van der Waals surface area contributed by atoms with Crippen LogP contribution in [0.5, 0.6) is 0 Å². The van der Waals surface area contributed by atoms with E-state index in [0.717, 1.165) is 11.3 Å². The molecule has 0 saturated carbocycles. The molecule has 0 unspecified atom stereocenters. The molecule has 0 spiro atoms. The lowest BCUT2D eigenvalue weighted by atomic mass is 10.1. The summed E-state index contributed by atoms with van der Waals surface area (Å²) in [6.45, 7) is 1.91. The first-order valence-corrected chi connectivity index (χ1v) is 7.45. The molecule has 1 N–H and O–H groups in total. The number of hydrogen-bond donors (Lipinski definition) is 1. The summed E-state index contributed by atoms with van der Waals surface area (Å²) < 4.78 is 2.14. The summed E-state index contributed by atoms with van der Waals surface area (Å²) in [5.41, 5.74) is 2.33. The zero-order chi connectivity index (χ0) is 16.6. The zero-order valence-corrected chi connectivity index (χ0v) is 13.6. The van der Waals surface area contributed by atoms with Crippen LogP contribution in [-0.4, -0.2) is 19.7 Å². The zero-order valence-electron chi connectivity index (χ0n) is 12.0. The van der Waals surface area contributed by atoms with Gasteiger partial charge in [0.2, 0.25) is 0 Å². The second-order valence-electron chi connectivity index (χ2n) is 4.93. The Morgan fingerprint density at radius 2 is 2.09 bits per heavy atom. The molecule has 0 saturated heterocycles. The number of nitrogens with zero attached hydrogens (tertiary/aromatic N) is 3. The molecule has 0 radical (unpaired) electrons. The van der Waals surface area contributed by atoms with Crippen LogP contribution >= 0.6 is 23.8 Å². The predicted molar refractivity (Wildman–Crippen MR) is 90.6 cm³/mol. The highest BCUT2D eigenvalue weighted by atomic mass is 35.5. The summed E-state index contributed by atoms with van der Waals surface area (Å²) in [6.07, 6.45) is 0. The number of non-ortho nitro benzene ring substituents is 1. The van der Waals surface area contributed by atoms with Crippen LogP contribution < -0.4 is 0 Å². The van der Waals surface area contributed by atoms with Crippen molar-refractivity contribution in [2.75, 3.05) is 0 Å². The van der Waals surface area contributed by atoms with E-state index in [9.17, 15) is 10.1 Å². The lowest BCUT2D eigenvalue weighted by Gasteiger charge is -2.10. The first-order chi connectivity index (χ1) is 11.0. The molecule has 2 aromatic carbocycles. The van der Waals surface area contributed by atoms with Crippen molar-refractivity contribution >= 4 is 29.5 Å². The van der Waals surface area contributed by atoms with Gasteiger partial charge in [-0.25, -0.2) is 0 Å². The Labute approximate surface area is 141 Å². The van der Waals surface area contributed by atoms with Crippen LogP contribution in [0, 0.1) is 21.8 Å². The van der Waals surface area contributed by atoms with Gasteiger partial charge in [-0.1, -0.05) is 23.7 Å². The monoisotopic (exact) mass is 346 g/mol. The number of halogens is 1. The van der Waals surface area contributed by atoms with E-state index in [1.54, 1.807) is 22.8 Å². The number of nitro benzene ring substituents is 1. The number of hydrogen-bond acceptors (Lipinski definition) is 4. The van der Waals surface area contributed by atoms with Crippen LogP contribution in [0.2, 0.25) is 5.02 Å². The van der Waals surface area contributed by atoms with Gasteiger partial charge in [-0.05, 0) is 42.9 Å². The van der Waals surface area contributed by atoms with E-state index >= 15 is 0 Å². The normalized spacial score (nSPS) is 10.7. The molecule has 1 aromatic heterocycles. The van der Waals surface area contributed by atoms with Crippen LogP contribution in [0.25, 0.3) is 17.1 Å². The van der Waals surface area contributed by atoms with Gasteiger partial charge >= 0.3 is 0 Å². The molecule has 0 atom stereocenters. The van der Waals surface area contributed by atoms with Crippen LogP contribution in [-0.2, 0) is 0 Å². The van der Waals surface area contributed by atoms with E-state index in [1.165, 1.54) is 12.1 Å². The van der Waals surface area contributed by atoms with Crippen molar-refractivity contribution in [2.45, 2.75) is 6.92 Å². The molecule has 0 bridgehead atoms. The Kier molecular flexibility index (Phi) is 3.97. The quantitative estimate of drug-likeness (QED) is 0.431. The Balaban J connectivity index is 2.22. The molecule has 0 amide bonds. The number of nitrogens with one attached hydrogen (secondary N) is 1. The first kappa shape index (κ1) is 15.4. The predicted octanol–water partition coefficient (Wildman–Crippen LogP) is 4.47. The largest absolute Gasteiger partial charge is 0.270 e. The molecule has 1 heterocycles. The molecule has 0 aliphatic carbocycles. The van der Waals surface area contributed by atoms with Crippen molar-refractivity contribution in [1.29, 1.82) is 0 Å². The smallest absolute Gasteiger partial charge is 0.268 e. The van der Waals surface area contributed by atoms with Gasteiger partial charge in [0.15, 0.2) is 10.6 Å². The molecule has 3 aromatic rings. The van der Waals surface area contributed by atoms with E-state index in [1.807, 2.05) is 19.1 Å². The van der Waals surface area contributed by atoms with Gasteiger partial charge in [0.05, 0.1) is 10.6 Å². The van der Waals surface area contributed by atoms with Crippen LogP contribution in [0.15, 0.2) is 42.5 Å². The van der Waals surface area contributed by atoms with Gasteiger partial charge in [0.25, 0.3) is 5.69 Å². The SMILES string of the molecule is Cc1cc(Cl)ccc1-n1c(-c2cccc([N+](=O)[O-])c2)n[nH]c1=S. The van der Waals surface area contributed by atoms with Crippen molar-refractivity contribution < 1.29 is 4.92 Å². The Morgan fingerprint density at radius 1 is 1.30 bits per heavy atom. The molecular weight excluding hydrogens is 336 g/mol. The fourth-order valence-electron chi connectivity index (χ4n) is 2.34. The number of nitro groups is 1. The summed E-state index contributed by atoms with van der Waals surface area (Å²) in [5, 5.41) is 18.5. The minimum absolute atomic E-state index is 0.00389. The third-order valence-electron chi connectivity index (χ3n) is 3.39. The van der Waals surface area contributed by atoms with Gasteiger partial charge < -0.3 is 0 Å². The summed E-state index contributed by atoms with van der Waals surface area (Å²) in [4.78, 5) is 10.5. The number of benzene rings is 2. The van der Waals surface area contributed by atoms with Gasteiger partial charge in [-0.3, -0.25) is 19.8 Å². The minimum Gasteiger partial charge on any atom is -0.268 e. The van der Waals surface area contributed by atoms with Gasteiger partial charge in [-0.2, -0.15) is 5.10 Å². The number of aryl methyl sites for hydroxylation is 1. The lowest BCUT2D eigenvalue weighted by molar-refractivity contribution is -0.384. The molecule has 0 aliphatic heterocycles. The highest BCUT2D eigenvalue weighted by molar-refractivity contribution is 7.71. The molecular formula is C15H11ClN4O2S. The average molecular weight is 347 g/mol. The average Bonchev–Trinajstić information content (AvgIpc) is 2.89. The Morgan fingerprint density at radius 3 is 2.78 bits per heavy atom. The molecule has 0 fully saturated rings. The highest BCUT2D eigenvalue weighted by Gasteiger charge is 2.15. The van der Waals surface area contributed by atoms with Crippen LogP contribution in [0.1, 0.15) is 5.56 Å². The molecule has 6 nitrogen and oxygen atoms in total. The Hall–Kier alpha value is -2.51. The molecule has 23 heavy (non-hydrogen) atoms. The third-order valence-corrected chi connectivity index (χ3v) is 3.90. The van der Waals surface area contributed by atoms with Crippen molar-refractivity contribution in [2.24, 2.45) is 0 Å². The van der Waals surface area contributed by atoms with Crippen molar-refractivity contribution in [3.8, 4) is 17.1 Å². The van der Waals surface area contributed by atoms with Gasteiger partial charge in [0.1, 0.15) is 0 Å². The number of H-pyrrole nitrogens is 1. The number of aromatic amines is 1. The fraction of sp³-hybridized carbons (Fsp3) is 0.0667. The van der Waals surface area contributed by atoms with Crippen molar-refractivity contribution in [3.63, 3.8) is 0 Å². The van der Waals surface area contributed by atoms with E-state index in [2.05, 4.69) is 10.2 Å². The van der Waals surface area contributed by atoms with Gasteiger partial charge in [-0.15, -0.1) is 0 Å². The van der Waals surface area contributed by atoms with Gasteiger partial charge in [0, 0.05) is 22.7 Å². The third kappa shape index (κ3) is 2.88. The molecule has 3 rings (SSSR count). The number of aromatic nitrogens is 3. The fourth-order valence-corrected chi connectivity index (χ4v) is 2.80. The summed E-state index contributed by atoms with van der Waals surface area (Å²) >= 11 is 11.3. The van der Waals surface area contributed by atoms with Crippen molar-refractivity contribution in [3.05, 3.63) is 67.9 Å². The summed E-state index contributed by atoms with van der Waals surface area (Å²) in [6, 6.07) is 11.7. The summed E-state index contributed by atoms with van der Waals surface area (Å²) in [5.74, 6) is 0.504. The van der Waals surface area contributed by atoms with Crippen LogP contribution in [0.3, 0.4) is 0 Å². The topological polar surface area (TPSA) is 76.8 Å². The van der Waals surface area contributed by atoms with Crippen molar-refractivity contribution in [1.82, 2.24) is 14.8 Å². The van der Waals surface area contributed by atoms with E-state index < -0.39 is 4.92 Å².